The Morgan fingerprint density at radius 3 is 2.56 bits per heavy atom. The molecule has 27 heavy (non-hydrogen) atoms. The predicted octanol–water partition coefficient (Wildman–Crippen LogP) is 4.98. The molecule has 2 aliphatic rings. The number of ether oxygens (including phenoxy) is 3. The van der Waals surface area contributed by atoms with E-state index in [-0.39, 0.29) is 5.97 Å². The van der Waals surface area contributed by atoms with Crippen LogP contribution in [0.4, 0.5) is 0 Å². The van der Waals surface area contributed by atoms with E-state index in [0.29, 0.717) is 30.1 Å². The van der Waals surface area contributed by atoms with Gasteiger partial charge < -0.3 is 14.2 Å². The van der Waals surface area contributed by atoms with Crippen molar-refractivity contribution in [2.24, 2.45) is 5.92 Å². The van der Waals surface area contributed by atoms with Gasteiger partial charge in [-0.2, -0.15) is 0 Å². The minimum Gasteiger partial charge on any atom is -0.493 e. The molecule has 0 aliphatic heterocycles. The number of benzene rings is 2. The first kappa shape index (κ1) is 17.9. The lowest BCUT2D eigenvalue weighted by Crippen LogP contribution is -2.11. The molecule has 4 nitrogen and oxygen atoms in total. The largest absolute Gasteiger partial charge is 0.493 e. The van der Waals surface area contributed by atoms with Crippen LogP contribution in [-0.2, 0) is 4.74 Å². The van der Waals surface area contributed by atoms with Gasteiger partial charge in [0, 0.05) is 5.92 Å². The summed E-state index contributed by atoms with van der Waals surface area (Å²) in [6.07, 6.45) is 6.06. The summed E-state index contributed by atoms with van der Waals surface area (Å²) >= 11 is 0. The number of carbonyl (C=O) groups is 1. The van der Waals surface area contributed by atoms with Crippen LogP contribution in [0, 0.1) is 5.92 Å². The maximum Gasteiger partial charge on any atom is 0.338 e. The topological polar surface area (TPSA) is 44.8 Å². The second-order valence-electron chi connectivity index (χ2n) is 7.50. The summed E-state index contributed by atoms with van der Waals surface area (Å²) in [7, 11) is 1.68. The van der Waals surface area contributed by atoms with E-state index >= 15 is 0 Å². The summed E-state index contributed by atoms with van der Waals surface area (Å²) in [5, 5.41) is 0. The van der Waals surface area contributed by atoms with Crippen molar-refractivity contribution in [1.29, 1.82) is 0 Å². The molecule has 2 saturated carbocycles. The van der Waals surface area contributed by atoms with Gasteiger partial charge in [-0.1, -0.05) is 24.3 Å². The Labute approximate surface area is 160 Å². The number of rotatable bonds is 7. The Morgan fingerprint density at radius 2 is 1.81 bits per heavy atom. The quantitative estimate of drug-likeness (QED) is 0.649. The fourth-order valence-electron chi connectivity index (χ4n) is 3.88. The van der Waals surface area contributed by atoms with Crippen molar-refractivity contribution in [3.05, 3.63) is 59.7 Å². The van der Waals surface area contributed by atoms with Crippen LogP contribution < -0.4 is 9.47 Å². The van der Waals surface area contributed by atoms with Crippen molar-refractivity contribution in [2.75, 3.05) is 13.7 Å². The van der Waals surface area contributed by atoms with Gasteiger partial charge in [-0.3, -0.25) is 0 Å². The molecule has 4 rings (SSSR count). The predicted molar refractivity (Wildman–Crippen MR) is 103 cm³/mol. The molecule has 0 heterocycles. The molecule has 2 fully saturated rings. The molecule has 0 radical (unpaired) electrons. The van der Waals surface area contributed by atoms with E-state index in [1.165, 1.54) is 18.4 Å². The zero-order chi connectivity index (χ0) is 18.6. The Bertz CT molecular complexity index is 780. The fraction of sp³-hybridized carbons (Fsp3) is 0.435. The number of carbonyl (C=O) groups excluding carboxylic acids is 1. The van der Waals surface area contributed by atoms with Crippen LogP contribution in [0.15, 0.2) is 48.5 Å². The van der Waals surface area contributed by atoms with Crippen LogP contribution in [0.5, 0.6) is 11.5 Å². The van der Waals surface area contributed by atoms with E-state index in [4.69, 9.17) is 14.2 Å². The zero-order valence-electron chi connectivity index (χ0n) is 15.7. The van der Waals surface area contributed by atoms with Gasteiger partial charge in [-0.05, 0) is 67.9 Å². The number of methoxy groups -OCH3 is 1. The normalized spacial score (nSPS) is 21.7. The van der Waals surface area contributed by atoms with Crippen molar-refractivity contribution in [3.8, 4) is 11.5 Å². The summed E-state index contributed by atoms with van der Waals surface area (Å²) in [4.78, 5) is 12.1. The highest BCUT2D eigenvalue weighted by molar-refractivity contribution is 5.89. The van der Waals surface area contributed by atoms with Gasteiger partial charge in [-0.15, -0.1) is 0 Å². The highest BCUT2D eigenvalue weighted by Gasteiger charge is 2.39. The third-order valence-electron chi connectivity index (χ3n) is 5.57. The third kappa shape index (κ3) is 4.26. The van der Waals surface area contributed by atoms with Crippen LogP contribution in [0.1, 0.15) is 53.9 Å². The maximum absolute atomic E-state index is 12.1. The van der Waals surface area contributed by atoms with Crippen molar-refractivity contribution >= 4 is 5.97 Å². The van der Waals surface area contributed by atoms with Gasteiger partial charge in [0.05, 0.1) is 25.4 Å². The molecule has 0 bridgehead atoms. The van der Waals surface area contributed by atoms with Crippen molar-refractivity contribution < 1.29 is 19.0 Å². The van der Waals surface area contributed by atoms with Gasteiger partial charge in [0.2, 0.25) is 0 Å². The lowest BCUT2D eigenvalue weighted by molar-refractivity contribution is 0.0484. The summed E-state index contributed by atoms with van der Waals surface area (Å²) in [5.74, 6) is 2.18. The molecule has 0 N–H and O–H groups in total. The molecular weight excluding hydrogens is 340 g/mol. The molecule has 2 unspecified atom stereocenters. The van der Waals surface area contributed by atoms with Crippen LogP contribution in [0.3, 0.4) is 0 Å². The first-order valence-corrected chi connectivity index (χ1v) is 9.81. The van der Waals surface area contributed by atoms with Gasteiger partial charge in [0.1, 0.15) is 0 Å². The molecule has 2 aliphatic carbocycles. The zero-order valence-corrected chi connectivity index (χ0v) is 15.7. The van der Waals surface area contributed by atoms with Gasteiger partial charge in [0.25, 0.3) is 0 Å². The maximum atomic E-state index is 12.1. The van der Waals surface area contributed by atoms with E-state index in [0.717, 1.165) is 30.8 Å². The molecule has 4 heteroatoms. The van der Waals surface area contributed by atoms with E-state index < -0.39 is 0 Å². The van der Waals surface area contributed by atoms with Gasteiger partial charge >= 0.3 is 5.97 Å². The Hall–Kier alpha value is -2.49. The SMILES string of the molecule is COc1ccc(C2CC2COC(=O)c2ccccc2)cc1OC1CCCC1. The standard InChI is InChI=1S/C23H26O4/c1-25-21-12-11-17(14-22(21)27-19-9-5-6-10-19)20-13-18(20)15-26-23(24)16-7-3-2-4-8-16/h2-4,7-8,11-12,14,18-20H,5-6,9-10,13,15H2,1H3. The Kier molecular flexibility index (Phi) is 5.33. The molecule has 142 valence electrons. The fourth-order valence-corrected chi connectivity index (χ4v) is 3.88. The molecule has 2 aromatic rings. The van der Waals surface area contributed by atoms with Crippen LogP contribution in [0.25, 0.3) is 0 Å². The lowest BCUT2D eigenvalue weighted by atomic mass is 10.1. The molecule has 0 saturated heterocycles. The second-order valence-corrected chi connectivity index (χ2v) is 7.50. The second kappa shape index (κ2) is 8.03. The molecule has 0 spiro atoms. The van der Waals surface area contributed by atoms with Crippen molar-refractivity contribution in [3.63, 3.8) is 0 Å². The minimum atomic E-state index is -0.249. The van der Waals surface area contributed by atoms with E-state index in [1.807, 2.05) is 24.3 Å². The van der Waals surface area contributed by atoms with E-state index in [9.17, 15) is 4.79 Å². The van der Waals surface area contributed by atoms with Crippen LogP contribution >= 0.6 is 0 Å². The summed E-state index contributed by atoms with van der Waals surface area (Å²) in [6.45, 7) is 0.462. The highest BCUT2D eigenvalue weighted by atomic mass is 16.5. The van der Waals surface area contributed by atoms with Gasteiger partial charge in [-0.25, -0.2) is 4.79 Å². The monoisotopic (exact) mass is 366 g/mol. The van der Waals surface area contributed by atoms with E-state index in [1.54, 1.807) is 19.2 Å². The van der Waals surface area contributed by atoms with Crippen molar-refractivity contribution in [2.45, 2.75) is 44.1 Å². The first-order chi connectivity index (χ1) is 13.2. The van der Waals surface area contributed by atoms with E-state index in [2.05, 4.69) is 12.1 Å². The molecule has 0 aromatic heterocycles. The molecular formula is C23H26O4. The smallest absolute Gasteiger partial charge is 0.338 e. The van der Waals surface area contributed by atoms with Crippen molar-refractivity contribution in [1.82, 2.24) is 0 Å². The minimum absolute atomic E-state index is 0.249. The average Bonchev–Trinajstić information content (AvgIpc) is 3.31. The average molecular weight is 366 g/mol. The molecule has 2 aromatic carbocycles. The molecule has 0 amide bonds. The molecule has 2 atom stereocenters. The first-order valence-electron chi connectivity index (χ1n) is 9.81. The lowest BCUT2D eigenvalue weighted by Gasteiger charge is -2.17. The Morgan fingerprint density at radius 1 is 1.04 bits per heavy atom. The number of hydrogen-bond donors (Lipinski definition) is 0. The summed E-state index contributed by atoms with van der Waals surface area (Å²) in [6, 6.07) is 15.4. The number of hydrogen-bond acceptors (Lipinski definition) is 4. The number of esters is 1. The Balaban J connectivity index is 1.36. The van der Waals surface area contributed by atoms with Gasteiger partial charge in [0.15, 0.2) is 11.5 Å². The summed E-state index contributed by atoms with van der Waals surface area (Å²) in [5.41, 5.74) is 1.84. The summed E-state index contributed by atoms with van der Waals surface area (Å²) < 4.78 is 17.2. The van der Waals surface area contributed by atoms with Crippen LogP contribution in [-0.4, -0.2) is 25.8 Å². The third-order valence-corrected chi connectivity index (χ3v) is 5.57. The highest BCUT2D eigenvalue weighted by Crippen LogP contribution is 2.49. The van der Waals surface area contributed by atoms with Crippen LogP contribution in [0.2, 0.25) is 0 Å².